The Kier molecular flexibility index (Phi) is 3.85. The standard InChI is InChI=1S/C23H32O4/c1-21-9-8-15(24)12-14(21)4-5-16-17-6-7-19(23(3)26-10-11-27-23)22(17,2)13-18(25)20(16)21/h12,16-17,19-20H,4-11,13H2,1-3H3. The first-order valence-electron chi connectivity index (χ1n) is 10.8. The minimum atomic E-state index is -0.530. The van der Waals surface area contributed by atoms with Gasteiger partial charge in [0.2, 0.25) is 0 Å². The van der Waals surface area contributed by atoms with Crippen molar-refractivity contribution < 1.29 is 19.1 Å². The van der Waals surface area contributed by atoms with Gasteiger partial charge in [-0.1, -0.05) is 19.4 Å². The molecule has 5 aliphatic rings. The molecule has 27 heavy (non-hydrogen) atoms. The summed E-state index contributed by atoms with van der Waals surface area (Å²) in [6.07, 6.45) is 8.26. The Bertz CT molecular complexity index is 718. The summed E-state index contributed by atoms with van der Waals surface area (Å²) in [5, 5.41) is 0. The molecule has 0 aromatic rings. The third-order valence-electron chi connectivity index (χ3n) is 9.14. The second-order valence-electron chi connectivity index (χ2n) is 10.3. The van der Waals surface area contributed by atoms with Gasteiger partial charge < -0.3 is 9.47 Å². The van der Waals surface area contributed by atoms with Crippen molar-refractivity contribution in [3.05, 3.63) is 11.6 Å². The number of ether oxygens (including phenoxy) is 2. The Balaban J connectivity index is 1.51. The summed E-state index contributed by atoms with van der Waals surface area (Å²) in [4.78, 5) is 25.6. The molecule has 4 nitrogen and oxygen atoms in total. The van der Waals surface area contributed by atoms with E-state index in [4.69, 9.17) is 9.47 Å². The van der Waals surface area contributed by atoms with Crippen LogP contribution in [0.25, 0.3) is 0 Å². The van der Waals surface area contributed by atoms with Crippen LogP contribution in [0.2, 0.25) is 0 Å². The summed E-state index contributed by atoms with van der Waals surface area (Å²) < 4.78 is 12.1. The van der Waals surface area contributed by atoms with Crippen LogP contribution in [0.15, 0.2) is 11.6 Å². The Morgan fingerprint density at radius 3 is 2.48 bits per heavy atom. The molecule has 1 heterocycles. The van der Waals surface area contributed by atoms with Crippen LogP contribution < -0.4 is 0 Å². The highest BCUT2D eigenvalue weighted by atomic mass is 16.7. The Labute approximate surface area is 162 Å². The van der Waals surface area contributed by atoms with Crippen molar-refractivity contribution in [1.29, 1.82) is 0 Å². The molecule has 0 aromatic carbocycles. The van der Waals surface area contributed by atoms with E-state index in [1.165, 1.54) is 12.0 Å². The Hall–Kier alpha value is -1.00. The van der Waals surface area contributed by atoms with E-state index in [0.29, 0.717) is 49.6 Å². The van der Waals surface area contributed by atoms with Gasteiger partial charge in [0.05, 0.1) is 13.2 Å². The quantitative estimate of drug-likeness (QED) is 0.696. The Morgan fingerprint density at radius 2 is 1.74 bits per heavy atom. The van der Waals surface area contributed by atoms with E-state index in [9.17, 15) is 9.59 Å². The molecule has 1 aliphatic heterocycles. The van der Waals surface area contributed by atoms with Gasteiger partial charge in [-0.15, -0.1) is 0 Å². The molecule has 5 rings (SSSR count). The normalized spacial score (nSPS) is 48.6. The van der Waals surface area contributed by atoms with Gasteiger partial charge in [0.15, 0.2) is 11.6 Å². The summed E-state index contributed by atoms with van der Waals surface area (Å²) >= 11 is 0. The number of Topliss-reactive ketones (excluding diaryl/α,β-unsaturated/α-hetero) is 1. The van der Waals surface area contributed by atoms with E-state index in [1.807, 2.05) is 6.08 Å². The first-order chi connectivity index (χ1) is 12.8. The number of fused-ring (bicyclic) bond motifs is 5. The average Bonchev–Trinajstić information content (AvgIpc) is 3.19. The topological polar surface area (TPSA) is 52.6 Å². The maximum Gasteiger partial charge on any atom is 0.169 e. The third-order valence-corrected chi connectivity index (χ3v) is 9.14. The van der Waals surface area contributed by atoms with Crippen LogP contribution in [0.4, 0.5) is 0 Å². The van der Waals surface area contributed by atoms with Crippen molar-refractivity contribution in [1.82, 2.24) is 0 Å². The molecule has 1 saturated heterocycles. The van der Waals surface area contributed by atoms with Gasteiger partial charge in [-0.05, 0) is 67.8 Å². The monoisotopic (exact) mass is 372 g/mol. The van der Waals surface area contributed by atoms with E-state index in [2.05, 4.69) is 20.8 Å². The zero-order valence-electron chi connectivity index (χ0n) is 16.9. The lowest BCUT2D eigenvalue weighted by molar-refractivity contribution is -0.213. The van der Waals surface area contributed by atoms with E-state index in [-0.39, 0.29) is 22.5 Å². The largest absolute Gasteiger partial charge is 0.348 e. The van der Waals surface area contributed by atoms with E-state index >= 15 is 0 Å². The maximum atomic E-state index is 13.6. The number of carbonyl (C=O) groups excluding carboxylic acids is 2. The molecule has 148 valence electrons. The highest BCUT2D eigenvalue weighted by molar-refractivity contribution is 5.93. The molecule has 4 heteroatoms. The van der Waals surface area contributed by atoms with Gasteiger partial charge in [-0.3, -0.25) is 9.59 Å². The number of rotatable bonds is 1. The number of hydrogen-bond donors (Lipinski definition) is 0. The van der Waals surface area contributed by atoms with Gasteiger partial charge in [0, 0.05) is 24.7 Å². The smallest absolute Gasteiger partial charge is 0.169 e. The summed E-state index contributed by atoms with van der Waals surface area (Å²) in [6.45, 7) is 8.00. The lowest BCUT2D eigenvalue weighted by atomic mass is 9.46. The molecule has 0 radical (unpaired) electrons. The first-order valence-corrected chi connectivity index (χ1v) is 10.8. The van der Waals surface area contributed by atoms with Gasteiger partial charge in [-0.25, -0.2) is 0 Å². The number of hydrogen-bond acceptors (Lipinski definition) is 4. The summed E-state index contributed by atoms with van der Waals surface area (Å²) in [7, 11) is 0. The SMILES string of the molecule is CC1(C2CCC3C4CCC5=CC(=O)CCC5(C)C4C(=O)CC32C)OCCO1. The van der Waals surface area contributed by atoms with Gasteiger partial charge in [0.1, 0.15) is 5.78 Å². The zero-order chi connectivity index (χ0) is 19.0. The summed E-state index contributed by atoms with van der Waals surface area (Å²) in [5.74, 6) is 1.54. The first kappa shape index (κ1) is 18.1. The molecule has 0 bridgehead atoms. The molecular weight excluding hydrogens is 340 g/mol. The fraction of sp³-hybridized carbons (Fsp3) is 0.826. The van der Waals surface area contributed by atoms with Crippen molar-refractivity contribution in [2.24, 2.45) is 34.5 Å². The second kappa shape index (κ2) is 5.76. The second-order valence-corrected chi connectivity index (χ2v) is 10.3. The third kappa shape index (κ3) is 2.35. The number of ketones is 2. The molecule has 6 unspecified atom stereocenters. The minimum absolute atomic E-state index is 0.0284. The van der Waals surface area contributed by atoms with Crippen LogP contribution in [0.1, 0.15) is 65.7 Å². The molecule has 0 N–H and O–H groups in total. The van der Waals surface area contributed by atoms with Crippen molar-refractivity contribution >= 4 is 11.6 Å². The summed E-state index contributed by atoms with van der Waals surface area (Å²) in [5.41, 5.74) is 1.12. The number of allylic oxidation sites excluding steroid dienone is 1. The van der Waals surface area contributed by atoms with E-state index in [1.54, 1.807) is 0 Å². The van der Waals surface area contributed by atoms with Crippen molar-refractivity contribution in [3.8, 4) is 0 Å². The minimum Gasteiger partial charge on any atom is -0.348 e. The Morgan fingerprint density at radius 1 is 1.00 bits per heavy atom. The molecule has 6 atom stereocenters. The van der Waals surface area contributed by atoms with Crippen LogP contribution >= 0.6 is 0 Å². The summed E-state index contributed by atoms with van der Waals surface area (Å²) in [6, 6.07) is 0. The maximum absolute atomic E-state index is 13.6. The molecule has 3 saturated carbocycles. The lowest BCUT2D eigenvalue weighted by Gasteiger charge is -2.57. The highest BCUT2D eigenvalue weighted by Gasteiger charge is 2.65. The molecule has 0 amide bonds. The molecule has 0 aromatic heterocycles. The van der Waals surface area contributed by atoms with Crippen LogP contribution in [0.5, 0.6) is 0 Å². The molecule has 4 aliphatic carbocycles. The van der Waals surface area contributed by atoms with E-state index < -0.39 is 5.79 Å². The zero-order valence-corrected chi connectivity index (χ0v) is 16.9. The number of carbonyl (C=O) groups is 2. The predicted octanol–water partition coefficient (Wildman–Crippen LogP) is 4.08. The highest BCUT2D eigenvalue weighted by Crippen LogP contribution is 2.67. The average molecular weight is 373 g/mol. The van der Waals surface area contributed by atoms with Crippen LogP contribution in [0.3, 0.4) is 0 Å². The molecule has 4 fully saturated rings. The van der Waals surface area contributed by atoms with Gasteiger partial charge >= 0.3 is 0 Å². The molecular formula is C23H32O4. The van der Waals surface area contributed by atoms with Crippen molar-refractivity contribution in [2.45, 2.75) is 71.5 Å². The van der Waals surface area contributed by atoms with Crippen LogP contribution in [-0.2, 0) is 19.1 Å². The van der Waals surface area contributed by atoms with Gasteiger partial charge in [-0.2, -0.15) is 0 Å². The van der Waals surface area contributed by atoms with Crippen LogP contribution in [-0.4, -0.2) is 30.6 Å². The van der Waals surface area contributed by atoms with Crippen molar-refractivity contribution in [3.63, 3.8) is 0 Å². The lowest BCUT2D eigenvalue weighted by Crippen LogP contribution is -2.57. The fourth-order valence-corrected chi connectivity index (χ4v) is 7.98. The van der Waals surface area contributed by atoms with E-state index in [0.717, 1.165) is 25.7 Å². The molecule has 0 spiro atoms. The fourth-order valence-electron chi connectivity index (χ4n) is 7.98. The predicted molar refractivity (Wildman–Crippen MR) is 101 cm³/mol. The van der Waals surface area contributed by atoms with Crippen LogP contribution in [0, 0.1) is 34.5 Å². The van der Waals surface area contributed by atoms with Gasteiger partial charge in [0.25, 0.3) is 0 Å². The van der Waals surface area contributed by atoms with Crippen molar-refractivity contribution in [2.75, 3.05) is 13.2 Å².